The standard InChI is InChI=1S/C11H22.C10H18F2.C10H20O.C10H20.C10H18.C9H18.C8H14F2.C7H14/c1-9-7-5-6-8-10(9)11(2,3)4;1-9(2,3)8-4-6-10(11,12)7-5-8;1-10(2,3)8-4-6-9(11)7-5-8;2*1-10(2,3)9-7-5-4-6-8-9;1-5-9(6-7-9)8(2,3)4;1-7(2,3)6-4-8(9,10)5-6;1-7(2,3)6-4-5-6/h9-10H,5-8H2,1-4H3;8H,4-7H2,1-3H3;8-9,11H,4-7H2,1-3H3;9H,4-8H2,1-3H3;4-5,9H,6-8H2,1-3H3;5-7H2,1-4H3;6H,4-5H2,1-3H3;6H,4-5H2,1-3H3. The van der Waals surface area contributed by atoms with Crippen LogP contribution in [0.4, 0.5) is 17.6 Å². The van der Waals surface area contributed by atoms with Gasteiger partial charge >= 0.3 is 0 Å². The van der Waals surface area contributed by atoms with Crippen LogP contribution in [0.1, 0.15) is 353 Å². The summed E-state index contributed by atoms with van der Waals surface area (Å²) >= 11 is 0. The van der Waals surface area contributed by atoms with Gasteiger partial charge in [-0.15, -0.1) is 0 Å². The lowest BCUT2D eigenvalue weighted by Crippen LogP contribution is -2.42. The van der Waals surface area contributed by atoms with Crippen molar-refractivity contribution >= 4 is 0 Å². The predicted molar refractivity (Wildman–Crippen MR) is 347 cm³/mol. The van der Waals surface area contributed by atoms with Gasteiger partial charge in [0.15, 0.2) is 0 Å². The molecule has 0 radical (unpaired) electrons. The number of aliphatic hydroxyl groups excluding tert-OH is 1. The number of hydrogen-bond donors (Lipinski definition) is 1. The van der Waals surface area contributed by atoms with Gasteiger partial charge in [-0.1, -0.05) is 231 Å². The molecule has 1 N–H and O–H groups in total. The lowest BCUT2D eigenvalue weighted by molar-refractivity contribution is -0.138. The minimum Gasteiger partial charge on any atom is -0.393 e. The minimum atomic E-state index is -2.37. The molecule has 0 aromatic heterocycles. The fourth-order valence-electron chi connectivity index (χ4n) is 14.0. The minimum absolute atomic E-state index is 0.00593. The lowest BCUT2D eigenvalue weighted by atomic mass is 9.66. The highest BCUT2D eigenvalue weighted by Crippen LogP contribution is 2.60. The van der Waals surface area contributed by atoms with Gasteiger partial charge < -0.3 is 5.11 Å². The summed E-state index contributed by atoms with van der Waals surface area (Å²) in [4.78, 5) is 0. The molecule has 0 aromatic rings. The second kappa shape index (κ2) is 31.9. The Hall–Kier alpha value is -0.580. The molecule has 8 aliphatic rings. The van der Waals surface area contributed by atoms with Crippen LogP contribution in [0, 0.1) is 96.1 Å². The first kappa shape index (κ1) is 77.4. The normalized spacial score (nSPS) is 27.4. The Morgan fingerprint density at radius 3 is 0.975 bits per heavy atom. The average molecular weight is 1140 g/mol. The van der Waals surface area contributed by atoms with Crippen molar-refractivity contribution in [1.82, 2.24) is 0 Å². The average Bonchev–Trinajstić information content (AvgIpc) is 4.24. The zero-order chi connectivity index (χ0) is 62.2. The molecule has 7 saturated carbocycles. The topological polar surface area (TPSA) is 20.2 Å². The van der Waals surface area contributed by atoms with Crippen molar-refractivity contribution in [3.8, 4) is 0 Å². The molecule has 3 atom stereocenters. The van der Waals surface area contributed by atoms with E-state index in [1.54, 1.807) is 0 Å². The molecule has 478 valence electrons. The summed E-state index contributed by atoms with van der Waals surface area (Å²) in [6.07, 6.45) is 35.3. The molecule has 0 aliphatic heterocycles. The number of aliphatic hydroxyl groups is 1. The van der Waals surface area contributed by atoms with Gasteiger partial charge in [0.1, 0.15) is 0 Å². The molecular weight excluding hydrogens is 993 g/mol. The zero-order valence-corrected chi connectivity index (χ0v) is 58.9. The smallest absolute Gasteiger partial charge is 0.248 e. The number of hydrogen-bond acceptors (Lipinski definition) is 1. The van der Waals surface area contributed by atoms with E-state index in [2.05, 4.69) is 171 Å². The Bertz CT molecular complexity index is 1640. The van der Waals surface area contributed by atoms with E-state index in [1.807, 2.05) is 20.8 Å². The Morgan fingerprint density at radius 2 is 0.738 bits per heavy atom. The summed E-state index contributed by atoms with van der Waals surface area (Å²) in [7, 11) is 0. The molecule has 5 heteroatoms. The first-order valence-electron chi connectivity index (χ1n) is 34.1. The third-order valence-corrected chi connectivity index (χ3v) is 21.6. The molecule has 0 heterocycles. The van der Waals surface area contributed by atoms with E-state index in [0.29, 0.717) is 51.2 Å². The Labute approximate surface area is 500 Å². The number of rotatable bonds is 1. The highest BCUT2D eigenvalue weighted by Gasteiger charge is 2.50. The van der Waals surface area contributed by atoms with Crippen molar-refractivity contribution in [3.05, 3.63) is 12.2 Å². The summed E-state index contributed by atoms with van der Waals surface area (Å²) in [6, 6.07) is 0. The molecule has 0 spiro atoms. The lowest BCUT2D eigenvalue weighted by Gasteiger charge is -2.43. The molecule has 8 rings (SSSR count). The van der Waals surface area contributed by atoms with Crippen molar-refractivity contribution < 1.29 is 22.7 Å². The first-order chi connectivity index (χ1) is 36.0. The van der Waals surface area contributed by atoms with E-state index >= 15 is 0 Å². The summed E-state index contributed by atoms with van der Waals surface area (Å²) in [5.74, 6) is 1.71. The monoisotopic (exact) mass is 1140 g/mol. The molecule has 0 amide bonds. The molecular formula is C75H144F4O. The Balaban J connectivity index is 0.000000459. The van der Waals surface area contributed by atoms with Gasteiger partial charge in [0, 0.05) is 25.7 Å². The largest absolute Gasteiger partial charge is 0.393 e. The van der Waals surface area contributed by atoms with Crippen LogP contribution in [-0.4, -0.2) is 23.1 Å². The van der Waals surface area contributed by atoms with Crippen LogP contribution >= 0.6 is 0 Å². The summed E-state index contributed by atoms with van der Waals surface area (Å²) in [6.45, 7) is 59.5. The van der Waals surface area contributed by atoms with Crippen LogP contribution in [0.25, 0.3) is 0 Å². The Morgan fingerprint density at radius 1 is 0.375 bits per heavy atom. The van der Waals surface area contributed by atoms with E-state index < -0.39 is 11.8 Å². The number of allylic oxidation sites excluding steroid dienone is 2. The van der Waals surface area contributed by atoms with Crippen LogP contribution in [0.2, 0.25) is 0 Å². The maximum absolute atomic E-state index is 12.8. The van der Waals surface area contributed by atoms with Crippen molar-refractivity contribution in [2.24, 2.45) is 96.1 Å². The summed E-state index contributed by atoms with van der Waals surface area (Å²) < 4.78 is 50.2. The van der Waals surface area contributed by atoms with E-state index in [1.165, 1.54) is 122 Å². The van der Waals surface area contributed by atoms with Crippen LogP contribution in [0.15, 0.2) is 12.2 Å². The van der Waals surface area contributed by atoms with Crippen LogP contribution in [-0.2, 0) is 0 Å². The first-order valence-corrected chi connectivity index (χ1v) is 34.1. The maximum atomic E-state index is 12.8. The van der Waals surface area contributed by atoms with Gasteiger partial charge in [-0.3, -0.25) is 0 Å². The summed E-state index contributed by atoms with van der Waals surface area (Å²) in [5, 5.41) is 9.29. The molecule has 7 fully saturated rings. The third-order valence-electron chi connectivity index (χ3n) is 21.6. The van der Waals surface area contributed by atoms with Crippen LogP contribution in [0.3, 0.4) is 0 Å². The van der Waals surface area contributed by atoms with E-state index in [4.69, 9.17) is 0 Å². The van der Waals surface area contributed by atoms with E-state index in [0.717, 1.165) is 53.8 Å². The van der Waals surface area contributed by atoms with Gasteiger partial charge in [0.25, 0.3) is 0 Å². The molecule has 0 bridgehead atoms. The van der Waals surface area contributed by atoms with E-state index in [-0.39, 0.29) is 48.5 Å². The highest BCUT2D eigenvalue weighted by atomic mass is 19.3. The van der Waals surface area contributed by atoms with E-state index in [9.17, 15) is 22.7 Å². The Kier molecular flexibility index (Phi) is 30.9. The second-order valence-electron chi connectivity index (χ2n) is 36.5. The van der Waals surface area contributed by atoms with Gasteiger partial charge in [0.2, 0.25) is 11.8 Å². The third kappa shape index (κ3) is 31.2. The van der Waals surface area contributed by atoms with Gasteiger partial charge in [-0.2, -0.15) is 0 Å². The SMILES string of the molecule is CC(C)(C)C1CC(F)(F)C1.CC(C)(C)C1CC1.CC(C)(C)C1CC=CCC1.CC(C)(C)C1CCC(F)(F)CC1.CC(C)(C)C1CCC(O)CC1.CC(C)(C)C1CCCCC1.CC1CCCCC1C(C)(C)C.CCC1(C(C)(C)C)CC1. The highest BCUT2D eigenvalue weighted by molar-refractivity contribution is 5.00. The second-order valence-corrected chi connectivity index (χ2v) is 36.5. The fourth-order valence-corrected chi connectivity index (χ4v) is 14.0. The van der Waals surface area contributed by atoms with Gasteiger partial charge in [-0.05, 0) is 205 Å². The quantitative estimate of drug-likeness (QED) is 0.205. The molecule has 1 nitrogen and oxygen atoms in total. The molecule has 80 heavy (non-hydrogen) atoms. The predicted octanol–water partition coefficient (Wildman–Crippen LogP) is 26.0. The number of alkyl halides is 4. The molecule has 0 saturated heterocycles. The summed E-state index contributed by atoms with van der Waals surface area (Å²) in [5.41, 5.74) is 4.25. The van der Waals surface area contributed by atoms with Crippen LogP contribution in [0.5, 0.6) is 0 Å². The zero-order valence-electron chi connectivity index (χ0n) is 58.9. The fraction of sp³-hybridized carbons (Fsp3) is 0.973. The molecule has 3 unspecified atom stereocenters. The van der Waals surface area contributed by atoms with Crippen molar-refractivity contribution in [1.29, 1.82) is 0 Å². The van der Waals surface area contributed by atoms with Crippen molar-refractivity contribution in [2.75, 3.05) is 0 Å². The number of halogens is 4. The van der Waals surface area contributed by atoms with Gasteiger partial charge in [-0.25, -0.2) is 17.6 Å². The van der Waals surface area contributed by atoms with Gasteiger partial charge in [0.05, 0.1) is 6.10 Å². The molecule has 8 aliphatic carbocycles. The van der Waals surface area contributed by atoms with Crippen molar-refractivity contribution in [2.45, 2.75) is 371 Å². The maximum Gasteiger partial charge on any atom is 0.248 e. The molecule has 0 aromatic carbocycles. The van der Waals surface area contributed by atoms with Crippen molar-refractivity contribution in [3.63, 3.8) is 0 Å². The van der Waals surface area contributed by atoms with Crippen LogP contribution < -0.4 is 0 Å².